The Labute approximate surface area is 119 Å². The minimum absolute atomic E-state index is 0.0782. The first kappa shape index (κ1) is 13.6. The first-order chi connectivity index (χ1) is 9.65. The quantitative estimate of drug-likeness (QED) is 0.900. The van der Waals surface area contributed by atoms with Gasteiger partial charge >= 0.3 is 0 Å². The Morgan fingerprint density at radius 1 is 1.30 bits per heavy atom. The van der Waals surface area contributed by atoms with Crippen molar-refractivity contribution in [3.05, 3.63) is 35.1 Å². The molecule has 2 heterocycles. The van der Waals surface area contributed by atoms with Crippen molar-refractivity contribution in [2.24, 2.45) is 0 Å². The molecule has 0 radical (unpaired) electrons. The SMILES string of the molecule is Cc1cc(C(=O)NC2CCN3CCCCC23)ccc1F. The summed E-state index contributed by atoms with van der Waals surface area (Å²) in [5.41, 5.74) is 1.07. The maximum atomic E-state index is 13.2. The molecular formula is C16H21FN2O. The topological polar surface area (TPSA) is 32.3 Å². The van der Waals surface area contributed by atoms with Gasteiger partial charge in [0, 0.05) is 24.2 Å². The largest absolute Gasteiger partial charge is 0.348 e. The van der Waals surface area contributed by atoms with E-state index in [1.165, 1.54) is 25.3 Å². The molecule has 0 aliphatic carbocycles. The zero-order valence-corrected chi connectivity index (χ0v) is 11.9. The van der Waals surface area contributed by atoms with Gasteiger partial charge in [-0.1, -0.05) is 6.42 Å². The second-order valence-corrected chi connectivity index (χ2v) is 5.93. The average molecular weight is 276 g/mol. The summed E-state index contributed by atoms with van der Waals surface area (Å²) in [6.45, 7) is 3.93. The zero-order chi connectivity index (χ0) is 14.1. The van der Waals surface area contributed by atoms with Gasteiger partial charge in [0.15, 0.2) is 0 Å². The van der Waals surface area contributed by atoms with E-state index < -0.39 is 0 Å². The molecule has 20 heavy (non-hydrogen) atoms. The minimum atomic E-state index is -0.263. The van der Waals surface area contributed by atoms with Gasteiger partial charge in [-0.25, -0.2) is 4.39 Å². The maximum absolute atomic E-state index is 13.2. The highest BCUT2D eigenvalue weighted by Crippen LogP contribution is 2.27. The predicted molar refractivity (Wildman–Crippen MR) is 76.2 cm³/mol. The lowest BCUT2D eigenvalue weighted by Crippen LogP contribution is -2.46. The number of carbonyl (C=O) groups excluding carboxylic acids is 1. The molecule has 3 nitrogen and oxygen atoms in total. The van der Waals surface area contributed by atoms with Crippen molar-refractivity contribution in [2.45, 2.75) is 44.7 Å². The fourth-order valence-corrected chi connectivity index (χ4v) is 3.45. The molecule has 2 fully saturated rings. The number of nitrogens with zero attached hydrogens (tertiary/aromatic N) is 1. The Kier molecular flexibility index (Phi) is 3.74. The van der Waals surface area contributed by atoms with Gasteiger partial charge < -0.3 is 5.32 Å². The molecule has 1 amide bonds. The molecule has 0 bridgehead atoms. The van der Waals surface area contributed by atoms with Crippen LogP contribution in [0.15, 0.2) is 18.2 Å². The van der Waals surface area contributed by atoms with Crippen LogP contribution in [-0.4, -0.2) is 36.0 Å². The van der Waals surface area contributed by atoms with Crippen LogP contribution < -0.4 is 5.32 Å². The Morgan fingerprint density at radius 3 is 2.95 bits per heavy atom. The van der Waals surface area contributed by atoms with Crippen LogP contribution in [0.5, 0.6) is 0 Å². The van der Waals surface area contributed by atoms with Crippen LogP contribution in [0.25, 0.3) is 0 Å². The van der Waals surface area contributed by atoms with E-state index in [4.69, 9.17) is 0 Å². The van der Waals surface area contributed by atoms with Crippen LogP contribution >= 0.6 is 0 Å². The molecule has 0 aromatic heterocycles. The highest BCUT2D eigenvalue weighted by molar-refractivity contribution is 5.94. The van der Waals surface area contributed by atoms with E-state index in [0.717, 1.165) is 19.5 Å². The molecule has 2 saturated heterocycles. The van der Waals surface area contributed by atoms with Gasteiger partial charge in [-0.3, -0.25) is 9.69 Å². The number of piperidine rings is 1. The molecule has 1 aromatic carbocycles. The summed E-state index contributed by atoms with van der Waals surface area (Å²) < 4.78 is 13.2. The average Bonchev–Trinajstić information content (AvgIpc) is 2.85. The number of rotatable bonds is 2. The molecule has 2 unspecified atom stereocenters. The van der Waals surface area contributed by atoms with E-state index in [9.17, 15) is 9.18 Å². The lowest BCUT2D eigenvalue weighted by Gasteiger charge is -2.32. The normalized spacial score (nSPS) is 26.3. The number of hydrogen-bond acceptors (Lipinski definition) is 2. The van der Waals surface area contributed by atoms with Crippen molar-refractivity contribution >= 4 is 5.91 Å². The Balaban J connectivity index is 1.68. The number of carbonyl (C=O) groups is 1. The van der Waals surface area contributed by atoms with Crippen LogP contribution in [0.3, 0.4) is 0 Å². The Hall–Kier alpha value is -1.42. The number of hydrogen-bond donors (Lipinski definition) is 1. The summed E-state index contributed by atoms with van der Waals surface area (Å²) in [7, 11) is 0. The van der Waals surface area contributed by atoms with Crippen LogP contribution in [0, 0.1) is 12.7 Å². The number of amides is 1. The highest BCUT2D eigenvalue weighted by Gasteiger charge is 2.36. The van der Waals surface area contributed by atoms with Gasteiger partial charge in [-0.05, 0) is 56.5 Å². The number of benzene rings is 1. The zero-order valence-electron chi connectivity index (χ0n) is 11.9. The fraction of sp³-hybridized carbons (Fsp3) is 0.562. The van der Waals surface area contributed by atoms with E-state index >= 15 is 0 Å². The van der Waals surface area contributed by atoms with Crippen LogP contribution in [0.4, 0.5) is 4.39 Å². The lowest BCUT2D eigenvalue weighted by molar-refractivity contribution is 0.0915. The minimum Gasteiger partial charge on any atom is -0.348 e. The first-order valence-corrected chi connectivity index (χ1v) is 7.46. The van der Waals surface area contributed by atoms with Crippen molar-refractivity contribution in [3.8, 4) is 0 Å². The summed E-state index contributed by atoms with van der Waals surface area (Å²) in [4.78, 5) is 14.8. The van der Waals surface area contributed by atoms with Crippen LogP contribution in [0.1, 0.15) is 41.6 Å². The van der Waals surface area contributed by atoms with Gasteiger partial charge in [0.1, 0.15) is 5.82 Å². The van der Waals surface area contributed by atoms with Crippen molar-refractivity contribution in [1.82, 2.24) is 10.2 Å². The summed E-state index contributed by atoms with van der Waals surface area (Å²) >= 11 is 0. The van der Waals surface area contributed by atoms with Gasteiger partial charge in [0.05, 0.1) is 0 Å². The Bertz CT molecular complexity index is 517. The number of nitrogens with one attached hydrogen (secondary N) is 1. The molecule has 1 N–H and O–H groups in total. The molecule has 2 atom stereocenters. The molecule has 2 aliphatic rings. The van der Waals surface area contributed by atoms with Gasteiger partial charge in [-0.2, -0.15) is 0 Å². The first-order valence-electron chi connectivity index (χ1n) is 7.46. The van der Waals surface area contributed by atoms with E-state index in [1.54, 1.807) is 19.1 Å². The highest BCUT2D eigenvalue weighted by atomic mass is 19.1. The number of fused-ring (bicyclic) bond motifs is 1. The van der Waals surface area contributed by atoms with E-state index in [1.807, 2.05) is 0 Å². The summed E-state index contributed by atoms with van der Waals surface area (Å²) in [5.74, 6) is -0.341. The van der Waals surface area contributed by atoms with Crippen molar-refractivity contribution in [2.75, 3.05) is 13.1 Å². The molecule has 1 aromatic rings. The monoisotopic (exact) mass is 276 g/mol. The smallest absolute Gasteiger partial charge is 0.251 e. The third-order valence-corrected chi connectivity index (χ3v) is 4.59. The Morgan fingerprint density at radius 2 is 2.15 bits per heavy atom. The molecule has 108 valence electrons. The third-order valence-electron chi connectivity index (χ3n) is 4.59. The summed E-state index contributed by atoms with van der Waals surface area (Å²) in [6, 6.07) is 5.29. The maximum Gasteiger partial charge on any atom is 0.251 e. The van der Waals surface area contributed by atoms with Crippen molar-refractivity contribution in [1.29, 1.82) is 0 Å². The predicted octanol–water partition coefficient (Wildman–Crippen LogP) is 2.49. The van der Waals surface area contributed by atoms with Gasteiger partial charge in [0.25, 0.3) is 5.91 Å². The second kappa shape index (κ2) is 5.52. The third kappa shape index (κ3) is 2.57. The fourth-order valence-electron chi connectivity index (χ4n) is 3.45. The van der Waals surface area contributed by atoms with E-state index in [-0.39, 0.29) is 17.8 Å². The number of halogens is 1. The molecular weight excluding hydrogens is 255 g/mol. The molecule has 0 saturated carbocycles. The molecule has 3 rings (SSSR count). The standard InChI is InChI=1S/C16H21FN2O/c1-11-10-12(5-6-13(11)17)16(20)18-14-7-9-19-8-3-2-4-15(14)19/h5-6,10,14-15H,2-4,7-9H2,1H3,(H,18,20). The summed E-state index contributed by atoms with van der Waals surface area (Å²) in [6.07, 6.45) is 4.72. The molecule has 0 spiro atoms. The lowest BCUT2D eigenvalue weighted by atomic mass is 9.98. The van der Waals surface area contributed by atoms with Gasteiger partial charge in [-0.15, -0.1) is 0 Å². The van der Waals surface area contributed by atoms with E-state index in [0.29, 0.717) is 17.2 Å². The van der Waals surface area contributed by atoms with Crippen LogP contribution in [0.2, 0.25) is 0 Å². The number of aryl methyl sites for hydroxylation is 1. The molecule has 2 aliphatic heterocycles. The summed E-state index contributed by atoms with van der Waals surface area (Å²) in [5, 5.41) is 3.14. The second-order valence-electron chi connectivity index (χ2n) is 5.93. The van der Waals surface area contributed by atoms with E-state index in [2.05, 4.69) is 10.2 Å². The molecule has 4 heteroatoms. The van der Waals surface area contributed by atoms with Crippen LogP contribution in [-0.2, 0) is 0 Å². The van der Waals surface area contributed by atoms with Crippen molar-refractivity contribution < 1.29 is 9.18 Å². The van der Waals surface area contributed by atoms with Gasteiger partial charge in [0.2, 0.25) is 0 Å². The van der Waals surface area contributed by atoms with Crippen molar-refractivity contribution in [3.63, 3.8) is 0 Å².